The summed E-state index contributed by atoms with van der Waals surface area (Å²) in [6.07, 6.45) is 9.80. The number of nitrogens with one attached hydrogen (secondary N) is 4. The van der Waals surface area contributed by atoms with Crippen LogP contribution in [0.3, 0.4) is 0 Å². The summed E-state index contributed by atoms with van der Waals surface area (Å²) >= 11 is 1.40. The van der Waals surface area contributed by atoms with Crippen molar-refractivity contribution < 1.29 is 67.3 Å². The van der Waals surface area contributed by atoms with Gasteiger partial charge in [0.1, 0.15) is 24.5 Å². The molecule has 10 rings (SSSR count). The monoisotopic (exact) mass is 1400 g/mol. The smallest absolute Gasteiger partial charge is 0.410 e. The Hall–Kier alpha value is -8.68. The first kappa shape index (κ1) is 73.0. The molecule has 4 aliphatic rings. The Morgan fingerprint density at radius 3 is 2.26 bits per heavy atom. The van der Waals surface area contributed by atoms with E-state index >= 15 is 0 Å². The molecule has 4 unspecified atom stereocenters. The third kappa shape index (κ3) is 18.0. The summed E-state index contributed by atoms with van der Waals surface area (Å²) in [5.41, 5.74) is 4.57. The molecule has 2 aliphatic carbocycles. The molecule has 2 bridgehead atoms. The zero-order valence-corrected chi connectivity index (χ0v) is 59.1. The number of unbranched alkanes of at least 4 members (excludes halogenated alkanes) is 2. The van der Waals surface area contributed by atoms with Gasteiger partial charge in [-0.25, -0.2) is 19.6 Å². The van der Waals surface area contributed by atoms with E-state index in [1.54, 1.807) is 56.4 Å². The topological polar surface area (TPSA) is 334 Å². The number of aromatic nitrogens is 4. The van der Waals surface area contributed by atoms with Crippen LogP contribution in [0.2, 0.25) is 0 Å². The number of para-hydroxylation sites is 1. The van der Waals surface area contributed by atoms with Gasteiger partial charge in [-0.2, -0.15) is 5.10 Å². The minimum absolute atomic E-state index is 0.0245. The lowest BCUT2D eigenvalue weighted by molar-refractivity contribution is -0.198. The highest BCUT2D eigenvalue weighted by molar-refractivity contribution is 7.51. The van der Waals surface area contributed by atoms with E-state index in [0.717, 1.165) is 64.0 Å². The van der Waals surface area contributed by atoms with Crippen molar-refractivity contribution in [1.82, 2.24) is 40.2 Å². The molecule has 2 saturated carbocycles. The SMILES string of the molecule is CCC1(Cn2ncc(-c3ccc(N4CCc5cccc(C(=O)Nc6nc7ccccc7s6)c5C4)nc3C(=O)O)c2C)CC2(C)CC(C)(C)CC(OCCN(CCP(=O)(O)O)C(=O)OCc3ccc(NC(=O)[C@H](C)NC(=O)C(NC(=O)CCCCCN4C(=O)C=CC4=O)C(C)C)cc3)(C2)C1. The fourth-order valence-electron chi connectivity index (χ4n) is 15.4. The quantitative estimate of drug-likeness (QED) is 0.0130. The van der Waals surface area contributed by atoms with Gasteiger partial charge in [-0.3, -0.25) is 48.2 Å². The number of carboxylic acids is 1. The molecule has 3 aromatic heterocycles. The lowest BCUT2D eigenvalue weighted by Crippen LogP contribution is -2.58. The molecular formula is C72H90N11O14PS. The van der Waals surface area contributed by atoms with Gasteiger partial charge < -0.3 is 50.1 Å². The Balaban J connectivity index is 0.744. The standard InChI is InChI=1S/C72H90N11O14PS/c1-9-71(44-83-47(5)53(36-73-83)51-25-26-57(77-62(51)66(90)91)81-31-29-49-16-15-17-52(54(49)37-81)64(88)79-67-76-55-18-12-13-19-56(55)99-67)41-70(8)39-69(6,7)40-72(42-70,43-71)97-34-32-80(33-35-98(93,94)95)68(92)96-38-48-21-23-50(24-22-48)75-63(87)46(4)74-65(89)61(45(2)3)78-58(84)20-11-10-14-30-82-59(85)27-28-60(82)86/h12-13,15-19,21-28,36,45-46,61H,9-11,14,20,29-35,37-44H2,1-8H3,(H,74,89)(H,75,87)(H,78,84)(H,90,91)(H,76,79,88)(H2,93,94,95)/t46-,61?,70?,71?,72?/m0/s1. The first-order valence-corrected chi connectivity index (χ1v) is 36.5. The molecule has 25 nitrogen and oxygen atoms in total. The van der Waals surface area contributed by atoms with Gasteiger partial charge in [-0.05, 0) is 153 Å². The molecule has 0 spiro atoms. The van der Waals surface area contributed by atoms with Crippen molar-refractivity contribution in [2.45, 2.75) is 163 Å². The molecule has 2 aliphatic heterocycles. The number of amides is 7. The Labute approximate surface area is 580 Å². The molecule has 27 heteroatoms. The number of thiazole rings is 1. The van der Waals surface area contributed by atoms with Gasteiger partial charge in [0.2, 0.25) is 17.7 Å². The van der Waals surface area contributed by atoms with E-state index in [9.17, 15) is 57.8 Å². The van der Waals surface area contributed by atoms with Crippen LogP contribution in [0.25, 0.3) is 21.3 Å². The number of pyridine rings is 1. The van der Waals surface area contributed by atoms with Crippen LogP contribution in [0.5, 0.6) is 0 Å². The van der Waals surface area contributed by atoms with Crippen LogP contribution in [0.4, 0.5) is 21.4 Å². The van der Waals surface area contributed by atoms with Crippen LogP contribution >= 0.6 is 18.9 Å². The Morgan fingerprint density at radius 2 is 1.56 bits per heavy atom. The van der Waals surface area contributed by atoms with Gasteiger partial charge in [0, 0.05) is 85.9 Å². The number of hydrogen-bond acceptors (Lipinski definition) is 16. The summed E-state index contributed by atoms with van der Waals surface area (Å²) in [5.74, 6) is -3.43. The summed E-state index contributed by atoms with van der Waals surface area (Å²) in [4.78, 5) is 138. The second-order valence-electron chi connectivity index (χ2n) is 28.6. The molecular weight excluding hydrogens is 1310 g/mol. The number of benzene rings is 3. The van der Waals surface area contributed by atoms with E-state index in [2.05, 4.69) is 53.9 Å². The van der Waals surface area contributed by atoms with Crippen molar-refractivity contribution in [2.75, 3.05) is 54.5 Å². The number of imide groups is 1. The van der Waals surface area contributed by atoms with Crippen LogP contribution in [0.1, 0.15) is 156 Å². The predicted molar refractivity (Wildman–Crippen MR) is 375 cm³/mol. The van der Waals surface area contributed by atoms with E-state index in [1.807, 2.05) is 59.0 Å². The lowest BCUT2D eigenvalue weighted by atomic mass is 9.47. The van der Waals surface area contributed by atoms with Crippen molar-refractivity contribution in [3.05, 3.63) is 131 Å². The van der Waals surface area contributed by atoms with E-state index in [0.29, 0.717) is 90.6 Å². The van der Waals surface area contributed by atoms with Gasteiger partial charge in [0.25, 0.3) is 17.7 Å². The van der Waals surface area contributed by atoms with Crippen LogP contribution in [-0.2, 0) is 64.1 Å². The molecule has 99 heavy (non-hydrogen) atoms. The summed E-state index contributed by atoms with van der Waals surface area (Å²) in [6.45, 7) is 17.2. The van der Waals surface area contributed by atoms with E-state index in [-0.39, 0.29) is 90.8 Å². The van der Waals surface area contributed by atoms with Crippen molar-refractivity contribution in [1.29, 1.82) is 0 Å². The van der Waals surface area contributed by atoms with Crippen molar-refractivity contribution in [3.8, 4) is 11.1 Å². The van der Waals surface area contributed by atoms with Gasteiger partial charge in [-0.1, -0.05) is 95.7 Å². The van der Waals surface area contributed by atoms with Crippen LogP contribution < -0.4 is 26.2 Å². The molecule has 5 heterocycles. The van der Waals surface area contributed by atoms with Gasteiger partial charge in [-0.15, -0.1) is 0 Å². The second kappa shape index (κ2) is 30.4. The number of nitrogens with zero attached hydrogens (tertiary/aromatic N) is 7. The number of carbonyl (C=O) groups excluding carboxylic acids is 7. The maximum Gasteiger partial charge on any atom is 0.410 e. The third-order valence-electron chi connectivity index (χ3n) is 19.5. The van der Waals surface area contributed by atoms with E-state index < -0.39 is 55.3 Å². The average molecular weight is 1400 g/mol. The molecule has 7 amide bonds. The fraction of sp³-hybridized carbons (Fsp3) is 0.486. The number of rotatable bonds is 29. The number of anilines is 3. The number of aromatic carboxylic acids is 1. The summed E-state index contributed by atoms with van der Waals surface area (Å²) in [5, 5.41) is 27.4. The highest BCUT2D eigenvalue weighted by atomic mass is 32.1. The highest BCUT2D eigenvalue weighted by Gasteiger charge is 2.59. The molecule has 6 aromatic rings. The zero-order valence-electron chi connectivity index (χ0n) is 57.4. The molecule has 0 radical (unpaired) electrons. The Morgan fingerprint density at radius 1 is 0.808 bits per heavy atom. The number of carboxylic acid groups (broad SMARTS) is 1. The zero-order chi connectivity index (χ0) is 71.2. The maximum atomic E-state index is 13.9. The largest absolute Gasteiger partial charge is 0.476 e. The van der Waals surface area contributed by atoms with Gasteiger partial charge in [0.15, 0.2) is 10.8 Å². The fourth-order valence-corrected chi connectivity index (χ4v) is 16.8. The number of hydrogen-bond donors (Lipinski definition) is 7. The molecule has 0 saturated heterocycles. The van der Waals surface area contributed by atoms with Gasteiger partial charge >= 0.3 is 19.7 Å². The van der Waals surface area contributed by atoms with Crippen molar-refractivity contribution >= 4 is 93.3 Å². The molecule has 7 N–H and O–H groups in total. The average Bonchev–Trinajstić information content (AvgIpc) is 1.03. The van der Waals surface area contributed by atoms with E-state index in [4.69, 9.17) is 19.6 Å². The Bertz CT molecular complexity index is 4070. The van der Waals surface area contributed by atoms with Crippen molar-refractivity contribution in [2.24, 2.45) is 22.2 Å². The summed E-state index contributed by atoms with van der Waals surface area (Å²) in [6, 6.07) is 21.6. The minimum Gasteiger partial charge on any atom is -0.476 e. The van der Waals surface area contributed by atoms with Crippen LogP contribution in [-0.4, -0.2) is 149 Å². The Kier molecular flexibility index (Phi) is 22.5. The first-order valence-electron chi connectivity index (χ1n) is 33.9. The van der Waals surface area contributed by atoms with Gasteiger partial charge in [0.05, 0.1) is 34.8 Å². The van der Waals surface area contributed by atoms with E-state index in [1.165, 1.54) is 35.3 Å². The van der Waals surface area contributed by atoms with Crippen LogP contribution in [0.15, 0.2) is 97.2 Å². The number of ether oxygens (including phenoxy) is 2. The second-order valence-corrected chi connectivity index (χ2v) is 31.4. The highest BCUT2D eigenvalue weighted by Crippen LogP contribution is 2.64. The predicted octanol–water partition coefficient (Wildman–Crippen LogP) is 10.4. The molecule has 528 valence electrons. The maximum absolute atomic E-state index is 13.9. The molecule has 3 aromatic carbocycles. The van der Waals surface area contributed by atoms with Crippen molar-refractivity contribution in [3.63, 3.8) is 0 Å². The number of carbonyl (C=O) groups is 8. The minimum atomic E-state index is -4.56. The lowest BCUT2D eigenvalue weighted by Gasteiger charge is -2.62. The summed E-state index contributed by atoms with van der Waals surface area (Å²) < 4.78 is 28.0. The number of fused-ring (bicyclic) bond motifs is 4. The normalized spacial score (nSPS) is 20.1. The molecule has 2 fully saturated rings. The molecule has 5 atom stereocenters. The summed E-state index contributed by atoms with van der Waals surface area (Å²) in [7, 11) is -4.56. The third-order valence-corrected chi connectivity index (χ3v) is 21.2. The first-order chi connectivity index (χ1) is 46.9. The van der Waals surface area contributed by atoms with Crippen LogP contribution in [0, 0.1) is 29.1 Å².